The first kappa shape index (κ1) is 23.3. The fourth-order valence-corrected chi connectivity index (χ4v) is 5.42. The molecule has 2 heterocycles. The van der Waals surface area contributed by atoms with E-state index in [4.69, 9.17) is 4.98 Å². The van der Waals surface area contributed by atoms with Crippen molar-refractivity contribution in [2.75, 3.05) is 19.4 Å². The van der Waals surface area contributed by atoms with Gasteiger partial charge in [0.05, 0.1) is 26.1 Å². The number of aromatic nitrogens is 3. The van der Waals surface area contributed by atoms with Crippen molar-refractivity contribution in [1.29, 1.82) is 0 Å². The van der Waals surface area contributed by atoms with Gasteiger partial charge in [-0.3, -0.25) is 4.79 Å². The molecule has 0 radical (unpaired) electrons. The first-order chi connectivity index (χ1) is 15.8. The fraction of sp³-hybridized carbons (Fsp3) is 0.348. The summed E-state index contributed by atoms with van der Waals surface area (Å²) in [5.74, 6) is 0.649. The van der Waals surface area contributed by atoms with Crippen molar-refractivity contribution >= 4 is 53.6 Å². The number of aryl methyl sites for hydroxylation is 2. The van der Waals surface area contributed by atoms with Gasteiger partial charge >= 0.3 is 0 Å². The van der Waals surface area contributed by atoms with Crippen LogP contribution in [0.1, 0.15) is 32.0 Å². The van der Waals surface area contributed by atoms with Gasteiger partial charge in [0, 0.05) is 33.5 Å². The Labute approximate surface area is 197 Å². The number of sulfonamides is 1. The van der Waals surface area contributed by atoms with Crippen LogP contribution in [0.5, 0.6) is 0 Å². The molecule has 0 saturated heterocycles. The first-order valence-electron chi connectivity index (χ1n) is 10.9. The van der Waals surface area contributed by atoms with Crippen molar-refractivity contribution in [2.24, 2.45) is 0 Å². The Balaban J connectivity index is 1.55. The van der Waals surface area contributed by atoms with E-state index in [0.29, 0.717) is 17.1 Å². The number of unbranched alkanes of at least 4 members (excludes halogenated alkanes) is 1. The molecule has 0 aliphatic rings. The molecule has 0 spiro atoms. The standard InChI is InChI=1S/C23H27N5O3S2/c1-4-5-14-28-19-11-10-16(33(30,31)27(2)3)15-18(19)24-21(28)12-13-22(29)26-23-25-17-8-6-7-9-20(17)32-23/h6-11,15H,4-5,12-14H2,1-3H3,(H,25,26,29). The second-order valence-electron chi connectivity index (χ2n) is 8.01. The van der Waals surface area contributed by atoms with Gasteiger partial charge in [-0.1, -0.05) is 36.8 Å². The lowest BCUT2D eigenvalue weighted by atomic mass is 10.2. The number of hydrogen-bond acceptors (Lipinski definition) is 6. The average molecular weight is 486 g/mol. The molecule has 2 aromatic heterocycles. The predicted molar refractivity (Wildman–Crippen MR) is 132 cm³/mol. The van der Waals surface area contributed by atoms with Crippen LogP contribution in [0.3, 0.4) is 0 Å². The lowest BCUT2D eigenvalue weighted by Gasteiger charge is -2.11. The Hall–Kier alpha value is -2.82. The molecule has 1 amide bonds. The maximum Gasteiger partial charge on any atom is 0.242 e. The van der Waals surface area contributed by atoms with Gasteiger partial charge in [0.25, 0.3) is 0 Å². The second kappa shape index (κ2) is 9.58. The quantitative estimate of drug-likeness (QED) is 0.382. The summed E-state index contributed by atoms with van der Waals surface area (Å²) in [5, 5.41) is 3.47. The number of benzene rings is 2. The number of fused-ring (bicyclic) bond motifs is 2. The molecule has 0 aliphatic carbocycles. The third-order valence-corrected chi connectivity index (χ3v) is 8.19. The lowest BCUT2D eigenvalue weighted by molar-refractivity contribution is -0.116. The first-order valence-corrected chi connectivity index (χ1v) is 13.1. The maximum absolute atomic E-state index is 12.6. The molecule has 4 rings (SSSR count). The number of carbonyl (C=O) groups excluding carboxylic acids is 1. The molecule has 33 heavy (non-hydrogen) atoms. The smallest absolute Gasteiger partial charge is 0.242 e. The third-order valence-electron chi connectivity index (χ3n) is 5.43. The summed E-state index contributed by atoms with van der Waals surface area (Å²) < 4.78 is 29.4. The number of rotatable bonds is 9. The van der Waals surface area contributed by atoms with Crippen molar-refractivity contribution in [1.82, 2.24) is 18.8 Å². The van der Waals surface area contributed by atoms with Crippen LogP contribution in [0.4, 0.5) is 5.13 Å². The molecule has 0 unspecified atom stereocenters. The Morgan fingerprint density at radius 3 is 2.64 bits per heavy atom. The normalized spacial score (nSPS) is 12.1. The highest BCUT2D eigenvalue weighted by molar-refractivity contribution is 7.89. The van der Waals surface area contributed by atoms with Crippen molar-refractivity contribution in [3.05, 3.63) is 48.3 Å². The van der Waals surface area contributed by atoms with E-state index >= 15 is 0 Å². The van der Waals surface area contributed by atoms with Crippen LogP contribution in [0.25, 0.3) is 21.3 Å². The zero-order valence-electron chi connectivity index (χ0n) is 18.9. The highest BCUT2D eigenvalue weighted by Gasteiger charge is 2.20. The van der Waals surface area contributed by atoms with E-state index in [-0.39, 0.29) is 17.2 Å². The van der Waals surface area contributed by atoms with Crippen LogP contribution >= 0.6 is 11.3 Å². The van der Waals surface area contributed by atoms with Gasteiger partial charge < -0.3 is 9.88 Å². The minimum Gasteiger partial charge on any atom is -0.328 e. The fourth-order valence-electron chi connectivity index (χ4n) is 3.62. The minimum absolute atomic E-state index is 0.126. The monoisotopic (exact) mass is 485 g/mol. The van der Waals surface area contributed by atoms with E-state index in [1.807, 2.05) is 24.3 Å². The minimum atomic E-state index is -3.55. The second-order valence-corrected chi connectivity index (χ2v) is 11.2. The van der Waals surface area contributed by atoms with Gasteiger partial charge in [-0.2, -0.15) is 0 Å². The van der Waals surface area contributed by atoms with Gasteiger partial charge in [0.2, 0.25) is 15.9 Å². The van der Waals surface area contributed by atoms with E-state index < -0.39 is 10.0 Å². The van der Waals surface area contributed by atoms with Crippen LogP contribution < -0.4 is 5.32 Å². The van der Waals surface area contributed by atoms with Gasteiger partial charge in [-0.05, 0) is 36.8 Å². The summed E-state index contributed by atoms with van der Waals surface area (Å²) in [4.78, 5) is 22.0. The Morgan fingerprint density at radius 2 is 1.91 bits per heavy atom. The average Bonchev–Trinajstić information content (AvgIpc) is 3.35. The molecular weight excluding hydrogens is 458 g/mol. The van der Waals surface area contributed by atoms with Crippen LogP contribution in [-0.2, 0) is 27.8 Å². The molecule has 174 valence electrons. The Morgan fingerprint density at radius 1 is 1.12 bits per heavy atom. The van der Waals surface area contributed by atoms with E-state index in [1.165, 1.54) is 29.7 Å². The molecular formula is C23H27N5O3S2. The van der Waals surface area contributed by atoms with Crippen LogP contribution in [-0.4, -0.2) is 47.3 Å². The number of para-hydroxylation sites is 1. The number of nitrogens with zero attached hydrogens (tertiary/aromatic N) is 4. The molecule has 0 saturated carbocycles. The van der Waals surface area contributed by atoms with E-state index in [0.717, 1.165) is 40.9 Å². The van der Waals surface area contributed by atoms with Crippen molar-refractivity contribution < 1.29 is 13.2 Å². The Bertz CT molecular complexity index is 1370. The summed E-state index contributed by atoms with van der Waals surface area (Å²) in [7, 11) is -0.529. The van der Waals surface area contributed by atoms with E-state index in [9.17, 15) is 13.2 Å². The van der Waals surface area contributed by atoms with Crippen molar-refractivity contribution in [2.45, 2.75) is 44.0 Å². The number of thiazole rings is 1. The topological polar surface area (TPSA) is 97.2 Å². The number of nitrogens with one attached hydrogen (secondary N) is 1. The summed E-state index contributed by atoms with van der Waals surface area (Å²) >= 11 is 1.45. The third kappa shape index (κ3) is 4.92. The van der Waals surface area contributed by atoms with Gasteiger partial charge in [0.1, 0.15) is 5.82 Å². The molecule has 0 bridgehead atoms. The summed E-state index contributed by atoms with van der Waals surface area (Å²) in [5.41, 5.74) is 2.36. The zero-order chi connectivity index (χ0) is 23.6. The van der Waals surface area contributed by atoms with Crippen LogP contribution in [0, 0.1) is 0 Å². The van der Waals surface area contributed by atoms with Gasteiger partial charge in [-0.15, -0.1) is 0 Å². The molecule has 1 N–H and O–H groups in total. The molecule has 10 heteroatoms. The molecule has 0 fully saturated rings. The number of anilines is 1. The largest absolute Gasteiger partial charge is 0.328 e. The molecule has 4 aromatic rings. The van der Waals surface area contributed by atoms with Crippen molar-refractivity contribution in [3.8, 4) is 0 Å². The van der Waals surface area contributed by atoms with E-state index in [1.54, 1.807) is 18.2 Å². The lowest BCUT2D eigenvalue weighted by Crippen LogP contribution is -2.22. The van der Waals surface area contributed by atoms with Gasteiger partial charge in [0.15, 0.2) is 5.13 Å². The highest BCUT2D eigenvalue weighted by Crippen LogP contribution is 2.26. The summed E-state index contributed by atoms with van der Waals surface area (Å²) in [6, 6.07) is 12.8. The maximum atomic E-state index is 12.6. The SMILES string of the molecule is CCCCn1c(CCC(=O)Nc2nc3ccccc3s2)nc2cc(S(=O)(=O)N(C)C)ccc21. The molecule has 0 aliphatic heterocycles. The number of hydrogen-bond donors (Lipinski definition) is 1. The predicted octanol–water partition coefficient (Wildman–Crippen LogP) is 4.27. The molecule has 2 aromatic carbocycles. The van der Waals surface area contributed by atoms with Crippen LogP contribution in [0.2, 0.25) is 0 Å². The van der Waals surface area contributed by atoms with Crippen LogP contribution in [0.15, 0.2) is 47.4 Å². The van der Waals surface area contributed by atoms with E-state index in [2.05, 4.69) is 21.8 Å². The summed E-state index contributed by atoms with van der Waals surface area (Å²) in [6.07, 6.45) is 2.69. The van der Waals surface area contributed by atoms with Crippen molar-refractivity contribution in [3.63, 3.8) is 0 Å². The van der Waals surface area contributed by atoms with Gasteiger partial charge in [-0.25, -0.2) is 22.7 Å². The molecule has 8 nitrogen and oxygen atoms in total. The summed E-state index contributed by atoms with van der Waals surface area (Å²) in [6.45, 7) is 2.88. The Kier molecular flexibility index (Phi) is 6.78. The molecule has 0 atom stereocenters. The zero-order valence-corrected chi connectivity index (χ0v) is 20.5. The highest BCUT2D eigenvalue weighted by atomic mass is 32.2. The number of imidazole rings is 1. The number of carbonyl (C=O) groups is 1. The number of amides is 1.